The van der Waals surface area contributed by atoms with Crippen molar-refractivity contribution < 1.29 is 19.5 Å². The number of rotatable bonds is 21. The number of carbonyl (C=O) groups is 3. The van der Waals surface area contributed by atoms with Crippen molar-refractivity contribution in [2.24, 2.45) is 0 Å². The van der Waals surface area contributed by atoms with E-state index in [2.05, 4.69) is 83.3 Å². The zero-order valence-corrected chi connectivity index (χ0v) is 23.7. The van der Waals surface area contributed by atoms with E-state index in [9.17, 15) is 19.5 Å². The van der Waals surface area contributed by atoms with Gasteiger partial charge in [0.15, 0.2) is 0 Å². The number of nitrogens with zero attached hydrogens (tertiary/aromatic N) is 1. The fraction of sp³-hybridized carbons (Fsp3) is 0.394. The van der Waals surface area contributed by atoms with Crippen LogP contribution in [-0.4, -0.2) is 40.5 Å². The Balaban J connectivity index is 2.11. The van der Waals surface area contributed by atoms with Gasteiger partial charge >= 0.3 is 5.97 Å². The molecule has 0 spiro atoms. The molecule has 7 nitrogen and oxygen atoms in total. The molecule has 40 heavy (non-hydrogen) atoms. The van der Waals surface area contributed by atoms with Gasteiger partial charge in [0.05, 0.1) is 5.56 Å². The lowest BCUT2D eigenvalue weighted by Crippen LogP contribution is -2.41. The third-order valence-electron chi connectivity index (χ3n) is 5.65. The topological polar surface area (TPSA) is 108 Å². The van der Waals surface area contributed by atoms with Crippen molar-refractivity contribution in [1.82, 2.24) is 15.6 Å². The Bertz CT molecular complexity index is 1020. The summed E-state index contributed by atoms with van der Waals surface area (Å²) in [7, 11) is 0. The van der Waals surface area contributed by atoms with Crippen LogP contribution in [0.25, 0.3) is 0 Å². The standard InChI is InChI=1S/C33H45N3O4/c1-2-3-4-5-6-7-8-9-10-11-12-13-14-15-16-17-18-19-20-25-31(37)36-30(33(39)40)24-22-27-35-32(38)29-23-21-26-34-28-29/h3-4,6-7,9-10,12-13,15-16,18-19,21,23,26,28,30H,2,5,8,11,14,17,20,22,24-25,27H2,1H3,(H,35,38)(H,36,37)(H,39,40)/b4-3-,7-6-,10-9-,13-12-,16-15-,19-18-/t30-/m0/s1. The number of carbonyl (C=O) groups excluding carboxylic acids is 2. The molecule has 1 rings (SSSR count). The van der Waals surface area contributed by atoms with Gasteiger partial charge in [0, 0.05) is 25.4 Å². The molecule has 0 radical (unpaired) electrons. The number of hydrogen-bond acceptors (Lipinski definition) is 4. The van der Waals surface area contributed by atoms with Gasteiger partial charge < -0.3 is 15.7 Å². The first-order valence-electron chi connectivity index (χ1n) is 14.1. The van der Waals surface area contributed by atoms with Gasteiger partial charge in [0.1, 0.15) is 6.04 Å². The van der Waals surface area contributed by atoms with Crippen LogP contribution in [0.3, 0.4) is 0 Å². The molecule has 0 saturated carbocycles. The zero-order valence-electron chi connectivity index (χ0n) is 23.7. The molecule has 1 aromatic heterocycles. The molecule has 1 atom stereocenters. The lowest BCUT2D eigenvalue weighted by Gasteiger charge is -2.14. The summed E-state index contributed by atoms with van der Waals surface area (Å²) in [5.41, 5.74) is 0.444. The Labute approximate surface area is 239 Å². The molecule has 3 N–H and O–H groups in total. The number of amides is 2. The molecule has 0 saturated heterocycles. The summed E-state index contributed by atoms with van der Waals surface area (Å²) in [6.45, 7) is 2.45. The Morgan fingerprint density at radius 3 is 1.90 bits per heavy atom. The van der Waals surface area contributed by atoms with E-state index in [0.29, 0.717) is 24.9 Å². The van der Waals surface area contributed by atoms with Gasteiger partial charge in [-0.1, -0.05) is 79.8 Å². The average Bonchev–Trinajstić information content (AvgIpc) is 2.96. The second-order valence-corrected chi connectivity index (χ2v) is 9.05. The van der Waals surface area contributed by atoms with E-state index in [1.165, 1.54) is 6.20 Å². The summed E-state index contributed by atoms with van der Waals surface area (Å²) in [6, 6.07) is 2.35. The number of hydrogen-bond donors (Lipinski definition) is 3. The van der Waals surface area contributed by atoms with E-state index in [1.54, 1.807) is 18.3 Å². The molecule has 216 valence electrons. The van der Waals surface area contributed by atoms with Gasteiger partial charge in [-0.3, -0.25) is 14.6 Å². The molecule has 0 aliphatic rings. The van der Waals surface area contributed by atoms with Gasteiger partial charge in [0.2, 0.25) is 5.91 Å². The fourth-order valence-electron chi connectivity index (χ4n) is 3.49. The van der Waals surface area contributed by atoms with E-state index in [4.69, 9.17) is 0 Å². The Hall–Kier alpha value is -4.00. The third-order valence-corrected chi connectivity index (χ3v) is 5.65. The predicted molar refractivity (Wildman–Crippen MR) is 163 cm³/mol. The molecule has 0 aliphatic heterocycles. The van der Waals surface area contributed by atoms with Gasteiger partial charge in [-0.2, -0.15) is 0 Å². The number of aromatic nitrogens is 1. The first-order chi connectivity index (χ1) is 19.5. The van der Waals surface area contributed by atoms with Gasteiger partial charge in [-0.05, 0) is 69.9 Å². The third kappa shape index (κ3) is 19.1. The van der Waals surface area contributed by atoms with Gasteiger partial charge in [-0.25, -0.2) is 4.79 Å². The second-order valence-electron chi connectivity index (χ2n) is 9.05. The lowest BCUT2D eigenvalue weighted by molar-refractivity contribution is -0.142. The average molecular weight is 548 g/mol. The minimum Gasteiger partial charge on any atom is -0.480 e. The molecule has 0 aromatic carbocycles. The monoisotopic (exact) mass is 547 g/mol. The summed E-state index contributed by atoms with van der Waals surface area (Å²) in [6.07, 6.45) is 35.7. The Morgan fingerprint density at radius 2 is 1.40 bits per heavy atom. The molecular formula is C33H45N3O4. The largest absolute Gasteiger partial charge is 0.480 e. The highest BCUT2D eigenvalue weighted by molar-refractivity contribution is 5.93. The van der Waals surface area contributed by atoms with Crippen LogP contribution in [0, 0.1) is 0 Å². The van der Waals surface area contributed by atoms with Crippen molar-refractivity contribution in [3.8, 4) is 0 Å². The molecule has 0 unspecified atom stereocenters. The molecule has 1 aromatic rings. The van der Waals surface area contributed by atoms with E-state index in [0.717, 1.165) is 38.5 Å². The summed E-state index contributed by atoms with van der Waals surface area (Å²) in [4.78, 5) is 39.5. The predicted octanol–water partition coefficient (Wildman–Crippen LogP) is 6.64. The van der Waals surface area contributed by atoms with Crippen molar-refractivity contribution >= 4 is 17.8 Å². The summed E-state index contributed by atoms with van der Waals surface area (Å²) in [5, 5.41) is 14.7. The number of carboxylic acids is 1. The van der Waals surface area contributed by atoms with Crippen molar-refractivity contribution in [2.45, 2.75) is 77.2 Å². The summed E-state index contributed by atoms with van der Waals surface area (Å²) >= 11 is 0. The fourth-order valence-corrected chi connectivity index (χ4v) is 3.49. The first-order valence-corrected chi connectivity index (χ1v) is 14.1. The highest BCUT2D eigenvalue weighted by atomic mass is 16.4. The molecule has 0 bridgehead atoms. The molecule has 0 aliphatic carbocycles. The number of nitrogens with one attached hydrogen (secondary N) is 2. The van der Waals surface area contributed by atoms with Crippen molar-refractivity contribution in [3.05, 3.63) is 103 Å². The smallest absolute Gasteiger partial charge is 0.326 e. The van der Waals surface area contributed by atoms with E-state index < -0.39 is 12.0 Å². The number of aliphatic carboxylic acids is 1. The van der Waals surface area contributed by atoms with Crippen LogP contribution in [0.5, 0.6) is 0 Å². The van der Waals surface area contributed by atoms with Crippen molar-refractivity contribution in [1.29, 1.82) is 0 Å². The zero-order chi connectivity index (χ0) is 29.1. The molecule has 0 fully saturated rings. The highest BCUT2D eigenvalue weighted by Crippen LogP contribution is 2.02. The Morgan fingerprint density at radius 1 is 0.850 bits per heavy atom. The first kappa shape index (κ1) is 34.0. The maximum absolute atomic E-state index is 12.1. The second kappa shape index (κ2) is 24.1. The van der Waals surface area contributed by atoms with Gasteiger partial charge in [-0.15, -0.1) is 0 Å². The SMILES string of the molecule is CC/C=C\C/C=C\C/C=C\C/C=C\C/C=C\C/C=C\CCC(=O)N[C@@H](CCCNC(=O)c1cccnc1)C(=O)O. The van der Waals surface area contributed by atoms with Crippen LogP contribution in [0.4, 0.5) is 0 Å². The molecule has 1 heterocycles. The highest BCUT2D eigenvalue weighted by Gasteiger charge is 2.19. The maximum Gasteiger partial charge on any atom is 0.326 e. The number of pyridine rings is 1. The van der Waals surface area contributed by atoms with Crippen LogP contribution in [0.15, 0.2) is 97.4 Å². The normalized spacial score (nSPS) is 12.9. The lowest BCUT2D eigenvalue weighted by atomic mass is 10.1. The summed E-state index contributed by atoms with van der Waals surface area (Å²) < 4.78 is 0. The van der Waals surface area contributed by atoms with Crippen molar-refractivity contribution in [3.63, 3.8) is 0 Å². The number of carboxylic acid groups (broad SMARTS) is 1. The number of allylic oxidation sites excluding steroid dienone is 12. The summed E-state index contributed by atoms with van der Waals surface area (Å²) in [5.74, 6) is -1.65. The maximum atomic E-state index is 12.1. The van der Waals surface area contributed by atoms with Crippen LogP contribution in [0.1, 0.15) is 81.5 Å². The van der Waals surface area contributed by atoms with Crippen LogP contribution in [-0.2, 0) is 9.59 Å². The Kier molecular flexibility index (Phi) is 20.5. The van der Waals surface area contributed by atoms with E-state index in [1.807, 2.05) is 12.2 Å². The molecule has 7 heteroatoms. The minimum atomic E-state index is -1.08. The van der Waals surface area contributed by atoms with Crippen LogP contribution in [0.2, 0.25) is 0 Å². The van der Waals surface area contributed by atoms with E-state index >= 15 is 0 Å². The quantitative estimate of drug-likeness (QED) is 0.118. The van der Waals surface area contributed by atoms with Crippen molar-refractivity contribution in [2.75, 3.05) is 6.54 Å². The van der Waals surface area contributed by atoms with E-state index in [-0.39, 0.29) is 24.7 Å². The minimum absolute atomic E-state index is 0.226. The molecular weight excluding hydrogens is 502 g/mol. The van der Waals surface area contributed by atoms with Crippen LogP contribution >= 0.6 is 0 Å². The molecule has 2 amide bonds. The van der Waals surface area contributed by atoms with Gasteiger partial charge in [0.25, 0.3) is 5.91 Å². The van der Waals surface area contributed by atoms with Crippen LogP contribution < -0.4 is 10.6 Å².